The van der Waals surface area contributed by atoms with E-state index >= 15 is 0 Å². The van der Waals surface area contributed by atoms with Crippen molar-refractivity contribution in [2.45, 2.75) is 57.4 Å². The van der Waals surface area contributed by atoms with E-state index in [0.29, 0.717) is 12.5 Å². The fourth-order valence-electron chi connectivity index (χ4n) is 3.88. The van der Waals surface area contributed by atoms with Crippen molar-refractivity contribution in [3.05, 3.63) is 17.8 Å². The molecule has 3 unspecified atom stereocenters. The highest BCUT2D eigenvalue weighted by Crippen LogP contribution is 2.46. The molecule has 3 heteroatoms. The van der Waals surface area contributed by atoms with Gasteiger partial charge in [0.25, 0.3) is 0 Å². The van der Waals surface area contributed by atoms with Crippen LogP contribution >= 0.6 is 0 Å². The van der Waals surface area contributed by atoms with Gasteiger partial charge in [0.2, 0.25) is 0 Å². The van der Waals surface area contributed by atoms with E-state index in [4.69, 9.17) is 10.2 Å². The molecule has 0 amide bonds. The molecule has 2 N–H and O–H groups in total. The lowest BCUT2D eigenvalue weighted by Gasteiger charge is -2.38. The van der Waals surface area contributed by atoms with Crippen LogP contribution in [-0.4, -0.2) is 4.98 Å². The summed E-state index contributed by atoms with van der Waals surface area (Å²) in [7, 11) is 0. The van der Waals surface area contributed by atoms with Crippen LogP contribution in [0.5, 0.6) is 0 Å². The predicted octanol–water partition coefficient (Wildman–Crippen LogP) is 3.21. The summed E-state index contributed by atoms with van der Waals surface area (Å²) < 4.78 is 5.58. The van der Waals surface area contributed by atoms with Crippen LogP contribution in [0.15, 0.2) is 10.8 Å². The largest absolute Gasteiger partial charge is 0.448 e. The van der Waals surface area contributed by atoms with Gasteiger partial charge in [0, 0.05) is 12.5 Å². The first-order valence-electron chi connectivity index (χ1n) is 7.00. The number of hydrogen-bond acceptors (Lipinski definition) is 3. The Kier molecular flexibility index (Phi) is 3.19. The molecule has 17 heavy (non-hydrogen) atoms. The van der Waals surface area contributed by atoms with Gasteiger partial charge in [0.15, 0.2) is 6.39 Å². The Morgan fingerprint density at radius 1 is 1.18 bits per heavy atom. The zero-order valence-electron chi connectivity index (χ0n) is 10.4. The lowest BCUT2D eigenvalue weighted by molar-refractivity contribution is 0.147. The van der Waals surface area contributed by atoms with Crippen LogP contribution in [0.1, 0.15) is 62.3 Å². The first-order valence-corrected chi connectivity index (χ1v) is 7.00. The highest BCUT2D eigenvalue weighted by Gasteiger charge is 2.34. The monoisotopic (exact) mass is 234 g/mol. The van der Waals surface area contributed by atoms with Crippen LogP contribution < -0.4 is 5.73 Å². The average Bonchev–Trinajstić information content (AvgIpc) is 2.86. The van der Waals surface area contributed by atoms with Gasteiger partial charge in [-0.1, -0.05) is 25.7 Å². The third kappa shape index (κ3) is 2.13. The molecule has 3 nitrogen and oxygen atoms in total. The van der Waals surface area contributed by atoms with Gasteiger partial charge in [-0.25, -0.2) is 4.98 Å². The van der Waals surface area contributed by atoms with Crippen LogP contribution in [0.25, 0.3) is 0 Å². The van der Waals surface area contributed by atoms with Crippen molar-refractivity contribution in [2.75, 3.05) is 0 Å². The summed E-state index contributed by atoms with van der Waals surface area (Å²) in [6, 6.07) is 0. The lowest BCUT2D eigenvalue weighted by Crippen LogP contribution is -2.27. The Morgan fingerprint density at radius 2 is 2.00 bits per heavy atom. The van der Waals surface area contributed by atoms with Crippen molar-refractivity contribution >= 4 is 0 Å². The highest BCUT2D eigenvalue weighted by molar-refractivity contribution is 5.13. The zero-order chi connectivity index (χ0) is 11.7. The third-order valence-electron chi connectivity index (χ3n) is 4.78. The van der Waals surface area contributed by atoms with Gasteiger partial charge in [0.1, 0.15) is 5.76 Å². The number of nitrogens with two attached hydrogens (primary N) is 1. The molecule has 3 rings (SSSR count). The van der Waals surface area contributed by atoms with E-state index in [1.54, 1.807) is 6.39 Å². The molecule has 1 aromatic rings. The van der Waals surface area contributed by atoms with E-state index in [1.807, 2.05) is 0 Å². The zero-order valence-corrected chi connectivity index (χ0v) is 10.4. The molecule has 0 saturated heterocycles. The Hall–Kier alpha value is -0.830. The summed E-state index contributed by atoms with van der Waals surface area (Å²) in [6.07, 6.45) is 11.3. The molecule has 1 aromatic heterocycles. The molecular weight excluding hydrogens is 212 g/mol. The van der Waals surface area contributed by atoms with E-state index in [1.165, 1.54) is 44.9 Å². The average molecular weight is 234 g/mol. The summed E-state index contributed by atoms with van der Waals surface area (Å²) in [6.45, 7) is 0.510. The molecule has 3 atom stereocenters. The molecule has 2 aliphatic rings. The van der Waals surface area contributed by atoms with Gasteiger partial charge in [-0.3, -0.25) is 0 Å². The second-order valence-corrected chi connectivity index (χ2v) is 5.68. The van der Waals surface area contributed by atoms with E-state index in [9.17, 15) is 0 Å². The summed E-state index contributed by atoms with van der Waals surface area (Å²) in [4.78, 5) is 4.22. The minimum absolute atomic E-state index is 0.510. The first-order chi connectivity index (χ1) is 8.38. The van der Waals surface area contributed by atoms with Gasteiger partial charge in [0.05, 0.1) is 5.69 Å². The number of hydrogen-bond donors (Lipinski definition) is 1. The van der Waals surface area contributed by atoms with E-state index in [-0.39, 0.29) is 0 Å². The van der Waals surface area contributed by atoms with Gasteiger partial charge < -0.3 is 10.2 Å². The molecule has 1 heterocycles. The van der Waals surface area contributed by atoms with Crippen molar-refractivity contribution in [2.24, 2.45) is 17.6 Å². The molecule has 0 aromatic carbocycles. The second-order valence-electron chi connectivity index (χ2n) is 5.68. The van der Waals surface area contributed by atoms with E-state index in [2.05, 4.69) is 4.98 Å². The normalized spacial score (nSPS) is 33.4. The van der Waals surface area contributed by atoms with Crippen LogP contribution in [0, 0.1) is 11.8 Å². The molecule has 0 bridgehead atoms. The Balaban J connectivity index is 1.73. The van der Waals surface area contributed by atoms with Crippen molar-refractivity contribution in [1.82, 2.24) is 4.98 Å². The minimum atomic E-state index is 0.510. The highest BCUT2D eigenvalue weighted by atomic mass is 16.3. The molecule has 0 aliphatic heterocycles. The van der Waals surface area contributed by atoms with Crippen LogP contribution in [0.2, 0.25) is 0 Å². The molecule has 0 spiro atoms. The van der Waals surface area contributed by atoms with Crippen LogP contribution in [-0.2, 0) is 6.54 Å². The second kappa shape index (κ2) is 4.81. The standard InChI is InChI=1S/C14H22N2O/c15-8-13-14(17-9-16-13)12-6-5-10-3-1-2-4-11(10)7-12/h9-12H,1-8,15H2. The van der Waals surface area contributed by atoms with Crippen LogP contribution in [0.3, 0.4) is 0 Å². The van der Waals surface area contributed by atoms with E-state index < -0.39 is 0 Å². The number of aromatic nitrogens is 1. The summed E-state index contributed by atoms with van der Waals surface area (Å²) in [5, 5.41) is 0. The van der Waals surface area contributed by atoms with Crippen LogP contribution in [0.4, 0.5) is 0 Å². The predicted molar refractivity (Wildman–Crippen MR) is 66.4 cm³/mol. The number of oxazole rings is 1. The Bertz CT molecular complexity index is 374. The van der Waals surface area contributed by atoms with E-state index in [0.717, 1.165) is 23.3 Å². The molecule has 94 valence electrons. The lowest BCUT2D eigenvalue weighted by atomic mass is 9.67. The molecule has 0 radical (unpaired) electrons. The summed E-state index contributed by atoms with van der Waals surface area (Å²) >= 11 is 0. The smallest absolute Gasteiger partial charge is 0.181 e. The number of fused-ring (bicyclic) bond motifs is 1. The van der Waals surface area contributed by atoms with Gasteiger partial charge in [-0.2, -0.15) is 0 Å². The van der Waals surface area contributed by atoms with Crippen molar-refractivity contribution < 1.29 is 4.42 Å². The first kappa shape index (κ1) is 11.3. The van der Waals surface area contributed by atoms with Gasteiger partial charge >= 0.3 is 0 Å². The molecular formula is C14H22N2O. The fourth-order valence-corrected chi connectivity index (χ4v) is 3.88. The van der Waals surface area contributed by atoms with Crippen molar-refractivity contribution in [3.8, 4) is 0 Å². The maximum absolute atomic E-state index is 5.71. The quantitative estimate of drug-likeness (QED) is 0.854. The summed E-state index contributed by atoms with van der Waals surface area (Å²) in [5.74, 6) is 3.58. The van der Waals surface area contributed by atoms with Gasteiger partial charge in [-0.05, 0) is 31.1 Å². The number of nitrogens with zero attached hydrogens (tertiary/aromatic N) is 1. The molecule has 2 saturated carbocycles. The SMILES string of the molecule is NCc1ncoc1C1CCC2CCCCC2C1. The third-order valence-corrected chi connectivity index (χ3v) is 4.78. The Labute approximate surface area is 103 Å². The topological polar surface area (TPSA) is 52.0 Å². The maximum atomic E-state index is 5.71. The summed E-state index contributed by atoms with van der Waals surface area (Å²) in [5.41, 5.74) is 6.69. The molecule has 2 aliphatic carbocycles. The molecule has 2 fully saturated rings. The minimum Gasteiger partial charge on any atom is -0.448 e. The Morgan fingerprint density at radius 3 is 2.82 bits per heavy atom. The number of rotatable bonds is 2. The van der Waals surface area contributed by atoms with Gasteiger partial charge in [-0.15, -0.1) is 0 Å². The van der Waals surface area contributed by atoms with Crippen molar-refractivity contribution in [1.29, 1.82) is 0 Å². The maximum Gasteiger partial charge on any atom is 0.181 e. The fraction of sp³-hybridized carbons (Fsp3) is 0.786. The van der Waals surface area contributed by atoms with Crippen molar-refractivity contribution in [3.63, 3.8) is 0 Å².